The predicted octanol–water partition coefficient (Wildman–Crippen LogP) is 5.95. The second-order valence-corrected chi connectivity index (χ2v) is 7.83. The Bertz CT molecular complexity index is 1070. The quantitative estimate of drug-likeness (QED) is 0.489. The van der Waals surface area contributed by atoms with E-state index in [1.165, 1.54) is 21.6 Å². The number of nitrogens with zero attached hydrogens (tertiary/aromatic N) is 2. The van der Waals surface area contributed by atoms with E-state index in [1.54, 1.807) is 11.3 Å². The summed E-state index contributed by atoms with van der Waals surface area (Å²) < 4.78 is 0. The van der Waals surface area contributed by atoms with E-state index in [1.807, 2.05) is 6.07 Å². The van der Waals surface area contributed by atoms with E-state index in [0.717, 1.165) is 34.0 Å². The van der Waals surface area contributed by atoms with Gasteiger partial charge in [-0.25, -0.2) is 9.97 Å². The van der Waals surface area contributed by atoms with Gasteiger partial charge in [0.2, 0.25) is 0 Å². The minimum absolute atomic E-state index is 0.731. The maximum absolute atomic E-state index is 4.86. The topological polar surface area (TPSA) is 37.8 Å². The first-order chi connectivity index (χ1) is 12.6. The van der Waals surface area contributed by atoms with Crippen molar-refractivity contribution in [2.45, 2.75) is 27.2 Å². The minimum atomic E-state index is 0.731. The Kier molecular flexibility index (Phi) is 4.43. The second kappa shape index (κ2) is 6.89. The van der Waals surface area contributed by atoms with E-state index in [4.69, 9.17) is 9.97 Å². The van der Waals surface area contributed by atoms with Gasteiger partial charge < -0.3 is 5.32 Å². The Labute approximate surface area is 157 Å². The summed E-state index contributed by atoms with van der Waals surface area (Å²) in [6.07, 6.45) is 0.731. The van der Waals surface area contributed by atoms with Crippen LogP contribution in [-0.4, -0.2) is 9.97 Å². The van der Waals surface area contributed by atoms with Crippen LogP contribution in [0.15, 0.2) is 54.6 Å². The van der Waals surface area contributed by atoms with Crippen LogP contribution >= 0.6 is 11.3 Å². The lowest BCUT2D eigenvalue weighted by molar-refractivity contribution is 0.999. The Morgan fingerprint density at radius 2 is 1.73 bits per heavy atom. The molecular formula is C22H21N3S. The molecule has 0 saturated carbocycles. The molecule has 4 aromatic rings. The van der Waals surface area contributed by atoms with Crippen molar-refractivity contribution < 1.29 is 0 Å². The molecule has 4 heteroatoms. The van der Waals surface area contributed by atoms with Crippen LogP contribution in [0, 0.1) is 20.8 Å². The van der Waals surface area contributed by atoms with Gasteiger partial charge in [-0.05, 0) is 49.6 Å². The molecule has 0 saturated heterocycles. The molecule has 0 fully saturated rings. The van der Waals surface area contributed by atoms with Crippen molar-refractivity contribution in [2.75, 3.05) is 5.32 Å². The molecule has 2 heterocycles. The molecule has 2 aromatic carbocycles. The van der Waals surface area contributed by atoms with Crippen molar-refractivity contribution in [1.82, 2.24) is 9.97 Å². The highest BCUT2D eigenvalue weighted by Crippen LogP contribution is 2.32. The number of rotatable bonds is 4. The summed E-state index contributed by atoms with van der Waals surface area (Å²) in [4.78, 5) is 11.9. The van der Waals surface area contributed by atoms with Gasteiger partial charge in [0, 0.05) is 17.0 Å². The number of nitrogens with one attached hydrogen (secondary N) is 1. The fourth-order valence-electron chi connectivity index (χ4n) is 3.05. The van der Waals surface area contributed by atoms with Gasteiger partial charge in [0.25, 0.3) is 0 Å². The second-order valence-electron chi connectivity index (χ2n) is 6.60. The zero-order valence-electron chi connectivity index (χ0n) is 15.2. The van der Waals surface area contributed by atoms with Crippen molar-refractivity contribution in [3.05, 3.63) is 82.0 Å². The Hall–Kier alpha value is -2.72. The fourth-order valence-corrected chi connectivity index (χ4v) is 3.95. The van der Waals surface area contributed by atoms with Crippen LogP contribution in [-0.2, 0) is 6.42 Å². The molecule has 26 heavy (non-hydrogen) atoms. The normalized spacial score (nSPS) is 11.0. The maximum Gasteiger partial charge on any atom is 0.142 e. The summed E-state index contributed by atoms with van der Waals surface area (Å²) in [7, 11) is 0. The van der Waals surface area contributed by atoms with Gasteiger partial charge >= 0.3 is 0 Å². The van der Waals surface area contributed by atoms with E-state index in [9.17, 15) is 0 Å². The first-order valence-corrected chi connectivity index (χ1v) is 9.56. The molecule has 3 nitrogen and oxygen atoms in total. The summed E-state index contributed by atoms with van der Waals surface area (Å²) in [5.74, 6) is 1.73. The lowest BCUT2D eigenvalue weighted by Gasteiger charge is -2.12. The highest BCUT2D eigenvalue weighted by atomic mass is 32.1. The highest BCUT2D eigenvalue weighted by molar-refractivity contribution is 7.18. The molecule has 0 unspecified atom stereocenters. The lowest BCUT2D eigenvalue weighted by Crippen LogP contribution is -2.03. The predicted molar refractivity (Wildman–Crippen MR) is 111 cm³/mol. The maximum atomic E-state index is 4.86. The van der Waals surface area contributed by atoms with Crippen LogP contribution in [0.4, 0.5) is 11.5 Å². The number of aromatic nitrogens is 2. The smallest absolute Gasteiger partial charge is 0.142 e. The summed E-state index contributed by atoms with van der Waals surface area (Å²) in [6, 6.07) is 18.8. The third-order valence-corrected chi connectivity index (χ3v) is 5.57. The van der Waals surface area contributed by atoms with Crippen LogP contribution in [0.2, 0.25) is 0 Å². The average molecular weight is 359 g/mol. The molecule has 130 valence electrons. The number of thiophene rings is 1. The molecule has 0 radical (unpaired) electrons. The standard InChI is InChI=1S/C22H21N3S/c1-14-8-7-11-19(16(14)3)23-21-18-12-15(2)26-22(18)25-20(24-21)13-17-9-5-4-6-10-17/h4-12H,13H2,1-3H3,(H,23,24,25). The summed E-state index contributed by atoms with van der Waals surface area (Å²) in [6.45, 7) is 6.39. The molecule has 0 aliphatic heterocycles. The number of fused-ring (bicyclic) bond motifs is 1. The van der Waals surface area contributed by atoms with Gasteiger partial charge in [0.15, 0.2) is 0 Å². The lowest BCUT2D eigenvalue weighted by atomic mass is 10.1. The fraction of sp³-hybridized carbons (Fsp3) is 0.182. The summed E-state index contributed by atoms with van der Waals surface area (Å²) in [5.41, 5.74) is 4.83. The third kappa shape index (κ3) is 3.33. The van der Waals surface area contributed by atoms with Gasteiger partial charge in [-0.15, -0.1) is 11.3 Å². The number of hydrogen-bond donors (Lipinski definition) is 1. The first-order valence-electron chi connectivity index (χ1n) is 8.74. The number of aryl methyl sites for hydroxylation is 2. The molecule has 0 atom stereocenters. The van der Waals surface area contributed by atoms with Crippen molar-refractivity contribution in [3.8, 4) is 0 Å². The molecule has 1 N–H and O–H groups in total. The van der Waals surface area contributed by atoms with E-state index in [-0.39, 0.29) is 0 Å². The van der Waals surface area contributed by atoms with Gasteiger partial charge in [0.05, 0.1) is 5.39 Å². The van der Waals surface area contributed by atoms with Crippen LogP contribution in [0.5, 0.6) is 0 Å². The van der Waals surface area contributed by atoms with Crippen LogP contribution in [0.25, 0.3) is 10.2 Å². The molecule has 2 aromatic heterocycles. The Morgan fingerprint density at radius 3 is 2.54 bits per heavy atom. The minimum Gasteiger partial charge on any atom is -0.339 e. The molecule has 0 aliphatic carbocycles. The zero-order chi connectivity index (χ0) is 18.1. The van der Waals surface area contributed by atoms with Gasteiger partial charge in [-0.3, -0.25) is 0 Å². The first kappa shape index (κ1) is 16.7. The number of hydrogen-bond acceptors (Lipinski definition) is 4. The molecule has 0 aliphatic rings. The number of benzene rings is 2. The SMILES string of the molecule is Cc1cc2c(Nc3cccc(C)c3C)nc(Cc3ccccc3)nc2s1. The van der Waals surface area contributed by atoms with Crippen LogP contribution < -0.4 is 5.32 Å². The summed E-state index contributed by atoms with van der Waals surface area (Å²) >= 11 is 1.72. The van der Waals surface area contributed by atoms with E-state index >= 15 is 0 Å². The van der Waals surface area contributed by atoms with E-state index in [2.05, 4.69) is 74.6 Å². The molecule has 0 amide bonds. The number of anilines is 2. The molecule has 0 spiro atoms. The average Bonchev–Trinajstić information content (AvgIpc) is 3.00. The third-order valence-electron chi connectivity index (χ3n) is 4.63. The highest BCUT2D eigenvalue weighted by Gasteiger charge is 2.12. The van der Waals surface area contributed by atoms with Crippen LogP contribution in [0.3, 0.4) is 0 Å². The molecule has 4 rings (SSSR count). The largest absolute Gasteiger partial charge is 0.339 e. The Morgan fingerprint density at radius 1 is 0.923 bits per heavy atom. The van der Waals surface area contributed by atoms with E-state index < -0.39 is 0 Å². The van der Waals surface area contributed by atoms with Gasteiger partial charge in [-0.2, -0.15) is 0 Å². The van der Waals surface area contributed by atoms with Crippen LogP contribution in [0.1, 0.15) is 27.4 Å². The van der Waals surface area contributed by atoms with Gasteiger partial charge in [-0.1, -0.05) is 42.5 Å². The van der Waals surface area contributed by atoms with Crippen molar-refractivity contribution in [1.29, 1.82) is 0 Å². The Balaban J connectivity index is 1.78. The van der Waals surface area contributed by atoms with Crippen molar-refractivity contribution >= 4 is 33.1 Å². The van der Waals surface area contributed by atoms with Crippen molar-refractivity contribution in [3.63, 3.8) is 0 Å². The zero-order valence-corrected chi connectivity index (χ0v) is 16.0. The van der Waals surface area contributed by atoms with Crippen molar-refractivity contribution in [2.24, 2.45) is 0 Å². The van der Waals surface area contributed by atoms with Gasteiger partial charge in [0.1, 0.15) is 16.5 Å². The summed E-state index contributed by atoms with van der Waals surface area (Å²) in [5, 5.41) is 4.64. The van der Waals surface area contributed by atoms with E-state index in [0.29, 0.717) is 0 Å². The monoisotopic (exact) mass is 359 g/mol. The molecule has 0 bridgehead atoms. The molecular weight excluding hydrogens is 338 g/mol.